The Hall–Kier alpha value is -3.58. The lowest BCUT2D eigenvalue weighted by molar-refractivity contribution is 0.601. The lowest BCUT2D eigenvalue weighted by Gasteiger charge is -2.12. The summed E-state index contributed by atoms with van der Waals surface area (Å²) in [6.07, 6.45) is 0. The fourth-order valence-electron chi connectivity index (χ4n) is 3.48. The van der Waals surface area contributed by atoms with Gasteiger partial charge in [-0.2, -0.15) is 5.10 Å². The molecule has 0 unspecified atom stereocenters. The molecule has 6 nitrogen and oxygen atoms in total. The second kappa shape index (κ2) is 7.92. The Labute approximate surface area is 182 Å². The van der Waals surface area contributed by atoms with Crippen molar-refractivity contribution in [2.24, 2.45) is 0 Å². The Morgan fingerprint density at radius 2 is 1.65 bits per heavy atom. The number of anilines is 2. The van der Waals surface area contributed by atoms with Gasteiger partial charge in [0.15, 0.2) is 0 Å². The van der Waals surface area contributed by atoms with E-state index in [4.69, 9.17) is 5.73 Å². The lowest BCUT2D eigenvalue weighted by Crippen LogP contribution is -2.13. The van der Waals surface area contributed by atoms with Crippen molar-refractivity contribution in [2.45, 2.75) is 25.7 Å². The highest BCUT2D eigenvalue weighted by atomic mass is 32.2. The zero-order chi connectivity index (χ0) is 22.2. The molecule has 1 aromatic heterocycles. The van der Waals surface area contributed by atoms with Gasteiger partial charge < -0.3 is 5.73 Å². The molecule has 0 saturated heterocycles. The van der Waals surface area contributed by atoms with Crippen molar-refractivity contribution in [2.75, 3.05) is 10.5 Å². The zero-order valence-corrected chi connectivity index (χ0v) is 18.4. The maximum absolute atomic E-state index is 12.8. The molecule has 0 fully saturated rings. The molecule has 0 aliphatic heterocycles. The summed E-state index contributed by atoms with van der Waals surface area (Å²) in [6, 6.07) is 21.7. The fourth-order valence-corrected chi connectivity index (χ4v) is 4.53. The zero-order valence-electron chi connectivity index (χ0n) is 17.6. The first-order chi connectivity index (χ1) is 14.7. The number of sulfonamides is 1. The standard InChI is InChI=1S/C24H24N4O2S/c1-16-7-8-17(2)23(13-16)24-14-18(3)26-28(24)21-9-11-22(12-10-21)31(29,30)27-20-6-4-5-19(25)15-20/h4-15,27H,25H2,1-3H3. The first-order valence-electron chi connectivity index (χ1n) is 9.86. The van der Waals surface area contributed by atoms with Crippen LogP contribution >= 0.6 is 0 Å². The van der Waals surface area contributed by atoms with Gasteiger partial charge >= 0.3 is 0 Å². The summed E-state index contributed by atoms with van der Waals surface area (Å²) < 4.78 is 29.9. The van der Waals surface area contributed by atoms with Crippen LogP contribution in [0, 0.1) is 20.8 Å². The van der Waals surface area contributed by atoms with Crippen LogP contribution in [0.3, 0.4) is 0 Å². The summed E-state index contributed by atoms with van der Waals surface area (Å²) in [6.45, 7) is 6.07. The van der Waals surface area contributed by atoms with Crippen LogP contribution in [0.5, 0.6) is 0 Å². The number of nitrogens with one attached hydrogen (secondary N) is 1. The van der Waals surface area contributed by atoms with Crippen LogP contribution in [0.25, 0.3) is 16.9 Å². The third-order valence-electron chi connectivity index (χ3n) is 5.03. The van der Waals surface area contributed by atoms with Crippen molar-refractivity contribution < 1.29 is 8.42 Å². The second-order valence-electron chi connectivity index (χ2n) is 7.63. The fraction of sp³-hybridized carbons (Fsp3) is 0.125. The van der Waals surface area contributed by atoms with Crippen LogP contribution in [0.15, 0.2) is 77.7 Å². The molecule has 0 aliphatic rings. The molecule has 4 aromatic rings. The second-order valence-corrected chi connectivity index (χ2v) is 9.31. The molecule has 3 aromatic carbocycles. The predicted molar refractivity (Wildman–Crippen MR) is 125 cm³/mol. The molecule has 0 atom stereocenters. The first kappa shape index (κ1) is 20.7. The average Bonchev–Trinajstić information content (AvgIpc) is 3.11. The van der Waals surface area contributed by atoms with E-state index in [1.807, 2.05) is 17.7 Å². The summed E-state index contributed by atoms with van der Waals surface area (Å²) in [4.78, 5) is 0.163. The van der Waals surface area contributed by atoms with Gasteiger partial charge in [0.25, 0.3) is 10.0 Å². The maximum Gasteiger partial charge on any atom is 0.261 e. The van der Waals surface area contributed by atoms with E-state index in [-0.39, 0.29) is 4.90 Å². The van der Waals surface area contributed by atoms with Crippen LogP contribution in [-0.4, -0.2) is 18.2 Å². The monoisotopic (exact) mass is 432 g/mol. The molecule has 0 aliphatic carbocycles. The Morgan fingerprint density at radius 1 is 0.903 bits per heavy atom. The third-order valence-corrected chi connectivity index (χ3v) is 6.43. The molecule has 3 N–H and O–H groups in total. The van der Waals surface area contributed by atoms with Crippen LogP contribution in [0.1, 0.15) is 16.8 Å². The SMILES string of the molecule is Cc1ccc(C)c(-c2cc(C)nn2-c2ccc(S(=O)(=O)Nc3cccc(N)c3)cc2)c1. The quantitative estimate of drug-likeness (QED) is 0.441. The van der Waals surface area contributed by atoms with Crippen molar-refractivity contribution in [1.29, 1.82) is 0 Å². The summed E-state index contributed by atoms with van der Waals surface area (Å²) in [7, 11) is -3.73. The normalized spacial score (nSPS) is 11.5. The Kier molecular flexibility index (Phi) is 5.29. The molecule has 7 heteroatoms. The van der Waals surface area contributed by atoms with E-state index in [0.717, 1.165) is 28.2 Å². The third kappa shape index (κ3) is 4.32. The highest BCUT2D eigenvalue weighted by Gasteiger charge is 2.16. The Morgan fingerprint density at radius 3 is 2.35 bits per heavy atom. The molecular weight excluding hydrogens is 408 g/mol. The van der Waals surface area contributed by atoms with E-state index in [2.05, 4.69) is 41.9 Å². The van der Waals surface area contributed by atoms with E-state index in [1.165, 1.54) is 5.56 Å². The average molecular weight is 433 g/mol. The van der Waals surface area contributed by atoms with E-state index >= 15 is 0 Å². The van der Waals surface area contributed by atoms with Crippen molar-refractivity contribution in [3.8, 4) is 16.9 Å². The summed E-state index contributed by atoms with van der Waals surface area (Å²) >= 11 is 0. The number of nitrogens with zero attached hydrogens (tertiary/aromatic N) is 2. The number of nitrogens with two attached hydrogens (primary N) is 1. The van der Waals surface area contributed by atoms with Crippen LogP contribution in [0.2, 0.25) is 0 Å². The van der Waals surface area contributed by atoms with E-state index in [1.54, 1.807) is 48.5 Å². The topological polar surface area (TPSA) is 90.0 Å². The number of benzene rings is 3. The summed E-state index contributed by atoms with van der Waals surface area (Å²) in [5, 5.41) is 4.64. The molecule has 1 heterocycles. The highest BCUT2D eigenvalue weighted by Crippen LogP contribution is 2.28. The predicted octanol–water partition coefficient (Wildman–Crippen LogP) is 4.85. The molecule has 0 saturated carbocycles. The van der Waals surface area contributed by atoms with Gasteiger partial charge in [-0.3, -0.25) is 4.72 Å². The van der Waals surface area contributed by atoms with Gasteiger partial charge in [-0.25, -0.2) is 13.1 Å². The molecule has 31 heavy (non-hydrogen) atoms. The molecule has 0 bridgehead atoms. The molecule has 0 spiro atoms. The van der Waals surface area contributed by atoms with Gasteiger partial charge in [-0.15, -0.1) is 0 Å². The summed E-state index contributed by atoms with van der Waals surface area (Å²) in [5.41, 5.74) is 12.7. The molecule has 0 amide bonds. The minimum Gasteiger partial charge on any atom is -0.399 e. The minimum absolute atomic E-state index is 0.163. The summed E-state index contributed by atoms with van der Waals surface area (Å²) in [5.74, 6) is 0. The number of hydrogen-bond acceptors (Lipinski definition) is 4. The largest absolute Gasteiger partial charge is 0.399 e. The van der Waals surface area contributed by atoms with E-state index < -0.39 is 10.0 Å². The Bertz CT molecular complexity index is 1360. The van der Waals surface area contributed by atoms with E-state index in [0.29, 0.717) is 11.4 Å². The van der Waals surface area contributed by atoms with Gasteiger partial charge in [0.1, 0.15) is 0 Å². The van der Waals surface area contributed by atoms with Crippen molar-refractivity contribution in [1.82, 2.24) is 9.78 Å². The van der Waals surface area contributed by atoms with Crippen molar-refractivity contribution >= 4 is 21.4 Å². The number of nitrogen functional groups attached to an aromatic ring is 1. The highest BCUT2D eigenvalue weighted by molar-refractivity contribution is 7.92. The van der Waals surface area contributed by atoms with Gasteiger partial charge in [0.05, 0.1) is 27.7 Å². The Balaban J connectivity index is 1.69. The van der Waals surface area contributed by atoms with E-state index in [9.17, 15) is 8.42 Å². The van der Waals surface area contributed by atoms with Crippen molar-refractivity contribution in [3.63, 3.8) is 0 Å². The maximum atomic E-state index is 12.8. The van der Waals surface area contributed by atoms with Gasteiger partial charge in [-0.1, -0.05) is 23.8 Å². The number of hydrogen-bond donors (Lipinski definition) is 2. The van der Waals surface area contributed by atoms with Crippen molar-refractivity contribution in [3.05, 3.63) is 89.6 Å². The van der Waals surface area contributed by atoms with Crippen LogP contribution < -0.4 is 10.5 Å². The number of aromatic nitrogens is 2. The van der Waals surface area contributed by atoms with Crippen LogP contribution in [-0.2, 0) is 10.0 Å². The molecule has 4 rings (SSSR count). The first-order valence-corrected chi connectivity index (χ1v) is 11.3. The molecular formula is C24H24N4O2S. The molecule has 0 radical (unpaired) electrons. The van der Waals surface area contributed by atoms with Gasteiger partial charge in [0, 0.05) is 11.3 Å². The van der Waals surface area contributed by atoms with Gasteiger partial charge in [0.2, 0.25) is 0 Å². The van der Waals surface area contributed by atoms with Crippen LogP contribution in [0.4, 0.5) is 11.4 Å². The minimum atomic E-state index is -3.73. The van der Waals surface area contributed by atoms with Gasteiger partial charge in [-0.05, 0) is 80.9 Å². The lowest BCUT2D eigenvalue weighted by atomic mass is 10.0. The molecule has 158 valence electrons. The number of aryl methyl sites for hydroxylation is 3. The smallest absolute Gasteiger partial charge is 0.261 e. The number of rotatable bonds is 5.